The highest BCUT2D eigenvalue weighted by atomic mass is 35.5. The minimum atomic E-state index is -0.602. The summed E-state index contributed by atoms with van der Waals surface area (Å²) in [7, 11) is -0.516. The third-order valence-electron chi connectivity index (χ3n) is 10.9. The van der Waals surface area contributed by atoms with Crippen LogP contribution in [0.25, 0.3) is 33.2 Å². The summed E-state index contributed by atoms with van der Waals surface area (Å²) in [5.74, 6) is 2.20. The Bertz CT molecular complexity index is 3110. The number of aromatic nitrogens is 6. The number of pyridine rings is 4. The van der Waals surface area contributed by atoms with Crippen molar-refractivity contribution >= 4 is 69.8 Å². The summed E-state index contributed by atoms with van der Waals surface area (Å²) in [5.41, 5.74) is 14.2. The van der Waals surface area contributed by atoms with E-state index in [-0.39, 0.29) is 0 Å². The van der Waals surface area contributed by atoms with E-state index in [1.165, 1.54) is 9.13 Å². The van der Waals surface area contributed by atoms with Crippen LogP contribution in [0.3, 0.4) is 0 Å². The Hall–Kier alpha value is -7.47. The van der Waals surface area contributed by atoms with Gasteiger partial charge < -0.3 is 39.7 Å². The lowest BCUT2D eigenvalue weighted by atomic mass is 9.80. The zero-order chi connectivity index (χ0) is 50.6. The van der Waals surface area contributed by atoms with Crippen LogP contribution in [0.4, 0.5) is 21.0 Å². The van der Waals surface area contributed by atoms with Crippen molar-refractivity contribution in [2.75, 3.05) is 11.5 Å². The lowest BCUT2D eigenvalue weighted by Crippen LogP contribution is -2.41. The predicted octanol–water partition coefficient (Wildman–Crippen LogP) is 11.5. The number of hydrogen-bond acceptors (Lipinski definition) is 14. The third-order valence-corrected chi connectivity index (χ3v) is 11.2. The standard InChI is InChI=1S/C23H22N4O3.C17H21BN2O3.C12H13ClN2O2/c1-23(2,3)30-22(28)27-14-11-18-17(10-13-25-20(18)27)19-5-4-12-26-21(19)29-16-8-6-15(24)7-9-16;1-16(2)17(3,4)23-18(22-16)14-6-5-11-20-15(14)21-13-9-7-12(19)8-10-13;1-12(2,3)17-11(16)15-7-5-8-9(13)4-6-14-10(8)15/h4-14H,24H2,1-3H3;5-11H,19H2,1-4H3;4-7H,1-3H3. The van der Waals surface area contributed by atoms with Crippen molar-refractivity contribution in [3.63, 3.8) is 0 Å². The Balaban J connectivity index is 0.000000161. The van der Waals surface area contributed by atoms with Gasteiger partial charge >= 0.3 is 19.3 Å². The average molecular weight is 967 g/mol. The predicted molar refractivity (Wildman–Crippen MR) is 273 cm³/mol. The normalized spacial score (nSPS) is 14.0. The van der Waals surface area contributed by atoms with Crippen molar-refractivity contribution in [3.05, 3.63) is 139 Å². The Morgan fingerprint density at radius 1 is 0.571 bits per heavy atom. The number of carbonyl (C=O) groups excluding carboxylic acids is 2. The zero-order valence-electron chi connectivity index (χ0n) is 40.8. The molecule has 1 saturated heterocycles. The molecule has 1 aliphatic heterocycles. The van der Waals surface area contributed by atoms with Crippen LogP contribution in [0.1, 0.15) is 69.2 Å². The van der Waals surface area contributed by atoms with Crippen LogP contribution in [-0.2, 0) is 18.8 Å². The molecule has 18 heteroatoms. The molecule has 6 aromatic heterocycles. The molecule has 0 bridgehead atoms. The molecule has 9 rings (SSSR count). The van der Waals surface area contributed by atoms with Gasteiger partial charge in [-0.3, -0.25) is 0 Å². The first-order valence-corrected chi connectivity index (χ1v) is 22.7. The molecule has 0 radical (unpaired) electrons. The van der Waals surface area contributed by atoms with Crippen molar-refractivity contribution in [1.29, 1.82) is 0 Å². The van der Waals surface area contributed by atoms with E-state index < -0.39 is 41.7 Å². The van der Waals surface area contributed by atoms with Gasteiger partial charge in [0.1, 0.15) is 28.3 Å². The summed E-state index contributed by atoms with van der Waals surface area (Å²) in [5, 5.41) is 2.09. The molecule has 1 fully saturated rings. The number of benzene rings is 2. The number of nitrogens with zero attached hydrogens (tertiary/aromatic N) is 6. The number of hydrogen-bond donors (Lipinski definition) is 2. The maximum atomic E-state index is 12.6. The van der Waals surface area contributed by atoms with E-state index in [0.29, 0.717) is 51.0 Å². The van der Waals surface area contributed by atoms with E-state index in [1.807, 2.05) is 106 Å². The van der Waals surface area contributed by atoms with Crippen molar-refractivity contribution in [1.82, 2.24) is 29.1 Å². The monoisotopic (exact) mass is 966 g/mol. The second-order valence-electron chi connectivity index (χ2n) is 19.1. The second kappa shape index (κ2) is 20.2. The Morgan fingerprint density at radius 3 is 1.56 bits per heavy atom. The Morgan fingerprint density at radius 2 is 1.03 bits per heavy atom. The van der Waals surface area contributed by atoms with Crippen LogP contribution >= 0.6 is 11.6 Å². The summed E-state index contributed by atoms with van der Waals surface area (Å²) in [6, 6.07) is 28.9. The number of rotatable bonds is 6. The number of fused-ring (bicyclic) bond motifs is 2. The molecule has 362 valence electrons. The van der Waals surface area contributed by atoms with E-state index in [9.17, 15) is 9.59 Å². The van der Waals surface area contributed by atoms with Crippen molar-refractivity contribution in [2.45, 2.75) is 91.6 Å². The van der Waals surface area contributed by atoms with Gasteiger partial charge in [0.05, 0.1) is 16.2 Å². The van der Waals surface area contributed by atoms with E-state index in [1.54, 1.807) is 97.8 Å². The second-order valence-corrected chi connectivity index (χ2v) is 19.5. The van der Waals surface area contributed by atoms with E-state index in [0.717, 1.165) is 27.4 Å². The summed E-state index contributed by atoms with van der Waals surface area (Å²) in [4.78, 5) is 41.7. The van der Waals surface area contributed by atoms with Gasteiger partial charge in [-0.05, 0) is 166 Å². The van der Waals surface area contributed by atoms with Gasteiger partial charge in [-0.1, -0.05) is 17.7 Å². The van der Waals surface area contributed by atoms with Gasteiger partial charge in [-0.15, -0.1) is 0 Å². The third kappa shape index (κ3) is 12.0. The van der Waals surface area contributed by atoms with Gasteiger partial charge in [0.15, 0.2) is 5.65 Å². The highest BCUT2D eigenvalue weighted by molar-refractivity contribution is 6.63. The first kappa shape index (κ1) is 50.4. The van der Waals surface area contributed by atoms with Crippen LogP contribution in [-0.4, -0.2) is 70.8 Å². The van der Waals surface area contributed by atoms with E-state index >= 15 is 0 Å². The molecule has 0 atom stereocenters. The van der Waals surface area contributed by atoms with Crippen LogP contribution in [0.15, 0.2) is 134 Å². The lowest BCUT2D eigenvalue weighted by molar-refractivity contribution is 0.00578. The molecule has 1 aliphatic rings. The highest BCUT2D eigenvalue weighted by Crippen LogP contribution is 2.38. The maximum absolute atomic E-state index is 12.6. The molecule has 0 unspecified atom stereocenters. The number of nitrogen functional groups attached to an aromatic ring is 2. The molecular weight excluding hydrogens is 911 g/mol. The maximum Gasteiger partial charge on any atom is 0.500 e. The van der Waals surface area contributed by atoms with Gasteiger partial charge in [0.25, 0.3) is 0 Å². The SMILES string of the molecule is CC(C)(C)OC(=O)n1ccc2c(-c3cccnc3Oc3ccc(N)cc3)ccnc21.CC(C)(C)OC(=O)n1ccc2c(Cl)ccnc21.CC1(C)OB(c2cccnc2Oc2ccc(N)cc2)OC1(C)C. The molecule has 2 aromatic carbocycles. The van der Waals surface area contributed by atoms with Crippen LogP contribution in [0, 0.1) is 0 Å². The largest absolute Gasteiger partial charge is 0.500 e. The molecule has 0 amide bonds. The van der Waals surface area contributed by atoms with Crippen molar-refractivity contribution < 1.29 is 37.8 Å². The number of nitrogens with two attached hydrogens (primary N) is 2. The molecule has 7 heterocycles. The molecule has 0 saturated carbocycles. The van der Waals surface area contributed by atoms with Gasteiger partial charge in [-0.2, -0.15) is 0 Å². The van der Waals surface area contributed by atoms with Crippen LogP contribution < -0.4 is 26.4 Å². The van der Waals surface area contributed by atoms with E-state index in [4.69, 9.17) is 51.3 Å². The summed E-state index contributed by atoms with van der Waals surface area (Å²) < 4.78 is 37.6. The van der Waals surface area contributed by atoms with E-state index in [2.05, 4.69) is 19.9 Å². The topological polar surface area (TPSA) is 203 Å². The fourth-order valence-corrected chi connectivity index (χ4v) is 7.01. The lowest BCUT2D eigenvalue weighted by Gasteiger charge is -2.32. The molecule has 4 N–H and O–H groups in total. The molecule has 16 nitrogen and oxygen atoms in total. The molecular formula is C52H56BClN8O8. The smallest absolute Gasteiger partial charge is 0.443 e. The fourth-order valence-electron chi connectivity index (χ4n) is 6.81. The zero-order valence-corrected chi connectivity index (χ0v) is 41.5. The molecule has 70 heavy (non-hydrogen) atoms. The summed E-state index contributed by atoms with van der Waals surface area (Å²) >= 11 is 6.00. The number of ether oxygens (including phenoxy) is 4. The Labute approximate surface area is 412 Å². The minimum Gasteiger partial charge on any atom is -0.443 e. The highest BCUT2D eigenvalue weighted by Gasteiger charge is 2.52. The van der Waals surface area contributed by atoms with Gasteiger partial charge in [0.2, 0.25) is 11.8 Å². The summed E-state index contributed by atoms with van der Waals surface area (Å²) in [6.07, 6.45) is 8.89. The first-order valence-electron chi connectivity index (χ1n) is 22.4. The van der Waals surface area contributed by atoms with Gasteiger partial charge in [-0.25, -0.2) is 38.7 Å². The Kier molecular flexibility index (Phi) is 14.6. The number of anilines is 2. The number of carbonyl (C=O) groups is 2. The quantitative estimate of drug-likeness (QED) is 0.118. The van der Waals surface area contributed by atoms with Crippen LogP contribution in [0.2, 0.25) is 5.02 Å². The van der Waals surface area contributed by atoms with Crippen molar-refractivity contribution in [3.8, 4) is 34.4 Å². The first-order chi connectivity index (χ1) is 33.0. The van der Waals surface area contributed by atoms with Gasteiger partial charge in [0, 0.05) is 70.4 Å². The fraction of sp³-hybridized carbons (Fsp3) is 0.269. The van der Waals surface area contributed by atoms with Crippen LogP contribution in [0.5, 0.6) is 23.3 Å². The van der Waals surface area contributed by atoms with Crippen molar-refractivity contribution in [2.24, 2.45) is 0 Å². The minimum absolute atomic E-state index is 0.411. The molecule has 0 aliphatic carbocycles. The molecule has 8 aromatic rings. The summed E-state index contributed by atoms with van der Waals surface area (Å²) in [6.45, 7) is 19.0. The average Bonchev–Trinajstić information content (AvgIpc) is 3.99. The molecule has 0 spiro atoms. The number of halogens is 1.